The molecule has 3 heterocycles. The molecule has 9 nitrogen and oxygen atoms in total. The molecule has 0 amide bonds. The van der Waals surface area contributed by atoms with Gasteiger partial charge in [0.25, 0.3) is 0 Å². The van der Waals surface area contributed by atoms with E-state index in [0.717, 1.165) is 67.7 Å². The third-order valence-electron chi connectivity index (χ3n) is 5.80. The Kier molecular flexibility index (Phi) is 9.24. The van der Waals surface area contributed by atoms with Gasteiger partial charge in [0, 0.05) is 36.1 Å². The van der Waals surface area contributed by atoms with E-state index in [0.29, 0.717) is 29.1 Å². The number of hydrogen-bond acceptors (Lipinski definition) is 11. The van der Waals surface area contributed by atoms with Crippen molar-refractivity contribution < 1.29 is 14.2 Å². The van der Waals surface area contributed by atoms with E-state index in [1.54, 1.807) is 24.5 Å². The molecule has 1 saturated heterocycles. The first-order valence-electron chi connectivity index (χ1n) is 12.1. The predicted molar refractivity (Wildman–Crippen MR) is 146 cm³/mol. The minimum absolute atomic E-state index is 0.0419. The molecular weight excluding hydrogens is 496 g/mol. The van der Waals surface area contributed by atoms with Crippen LogP contribution in [-0.2, 0) is 11.2 Å². The maximum atomic E-state index is 6.15. The second kappa shape index (κ2) is 12.6. The Morgan fingerprint density at radius 3 is 2.56 bits per heavy atom. The van der Waals surface area contributed by atoms with Crippen molar-refractivity contribution in [1.29, 1.82) is 0 Å². The van der Waals surface area contributed by atoms with E-state index in [1.165, 1.54) is 16.6 Å². The van der Waals surface area contributed by atoms with Crippen LogP contribution in [-0.4, -0.2) is 66.4 Å². The Morgan fingerprint density at radius 2 is 1.86 bits per heavy atom. The summed E-state index contributed by atoms with van der Waals surface area (Å²) in [4.78, 5) is 17.3. The maximum Gasteiger partial charge on any atom is 0.192 e. The van der Waals surface area contributed by atoms with Crippen molar-refractivity contribution in [2.45, 2.75) is 37.1 Å². The van der Waals surface area contributed by atoms with Crippen molar-refractivity contribution >= 4 is 34.7 Å². The maximum absolute atomic E-state index is 6.15. The number of thioether (sulfide) groups is 1. The lowest BCUT2D eigenvalue weighted by Gasteiger charge is -2.26. The van der Waals surface area contributed by atoms with Crippen molar-refractivity contribution in [2.24, 2.45) is 0 Å². The zero-order chi connectivity index (χ0) is 25.5. The Bertz CT molecular complexity index is 1130. The van der Waals surface area contributed by atoms with Crippen molar-refractivity contribution in [3.63, 3.8) is 0 Å². The quantitative estimate of drug-likeness (QED) is 0.274. The number of nitrogen functional groups attached to an aromatic ring is 2. The molecule has 1 fully saturated rings. The lowest BCUT2D eigenvalue weighted by atomic mass is 10.2. The average molecular weight is 531 g/mol. The molecule has 4 rings (SSSR count). The average Bonchev–Trinajstić information content (AvgIpc) is 3.28. The van der Waals surface area contributed by atoms with Gasteiger partial charge in [0.05, 0.1) is 31.3 Å². The zero-order valence-electron chi connectivity index (χ0n) is 21.0. The van der Waals surface area contributed by atoms with E-state index in [1.807, 2.05) is 18.2 Å². The van der Waals surface area contributed by atoms with Gasteiger partial charge in [0.2, 0.25) is 0 Å². The molecule has 0 radical (unpaired) electrons. The molecule has 3 aromatic rings. The van der Waals surface area contributed by atoms with Gasteiger partial charge in [-0.3, -0.25) is 4.90 Å². The van der Waals surface area contributed by atoms with E-state index in [9.17, 15) is 0 Å². The van der Waals surface area contributed by atoms with Gasteiger partial charge in [0.1, 0.15) is 23.3 Å². The van der Waals surface area contributed by atoms with Crippen LogP contribution in [0.15, 0.2) is 29.4 Å². The molecule has 1 aliphatic rings. The molecule has 194 valence electrons. The molecule has 36 heavy (non-hydrogen) atoms. The SMILES string of the molecule is CCCc1sc(-c2ccc(OC)c(OCCN3CCOCC3)c2)nc1[C@H](C)Sc1nc(N)cc(N)n1. The summed E-state index contributed by atoms with van der Waals surface area (Å²) < 4.78 is 17.1. The van der Waals surface area contributed by atoms with Gasteiger partial charge in [0.15, 0.2) is 16.7 Å². The van der Waals surface area contributed by atoms with E-state index >= 15 is 0 Å². The standard InChI is InChI=1S/C25H34N6O3S2/c1-4-5-20-23(16(2)35-25-28-21(26)15-22(27)29-25)30-24(36-20)17-6-7-18(32-3)19(14-17)34-13-10-31-8-11-33-12-9-31/h6-7,14-16H,4-5,8-13H2,1-3H3,(H4,26,27,28,29)/t16-/m0/s1. The fourth-order valence-corrected chi connectivity index (χ4v) is 6.24. The molecule has 0 aliphatic carbocycles. The highest BCUT2D eigenvalue weighted by atomic mass is 32.2. The van der Waals surface area contributed by atoms with Crippen molar-refractivity contribution in [1.82, 2.24) is 19.9 Å². The lowest BCUT2D eigenvalue weighted by Crippen LogP contribution is -2.38. The fraction of sp³-hybridized carbons (Fsp3) is 0.480. The number of benzene rings is 1. The van der Waals surface area contributed by atoms with Crippen molar-refractivity contribution in [3.05, 3.63) is 34.8 Å². The molecular formula is C25H34N6O3S2. The summed E-state index contributed by atoms with van der Waals surface area (Å²) in [5.74, 6) is 2.17. The number of thiazole rings is 1. The normalized spacial score (nSPS) is 15.1. The van der Waals surface area contributed by atoms with Gasteiger partial charge < -0.3 is 25.7 Å². The van der Waals surface area contributed by atoms with Gasteiger partial charge in [-0.1, -0.05) is 25.1 Å². The molecule has 0 unspecified atom stereocenters. The first kappa shape index (κ1) is 26.5. The number of nitrogens with two attached hydrogens (primary N) is 2. The number of ether oxygens (including phenoxy) is 3. The highest BCUT2D eigenvalue weighted by Gasteiger charge is 2.21. The van der Waals surface area contributed by atoms with Gasteiger partial charge in [-0.2, -0.15) is 0 Å². The number of anilines is 2. The summed E-state index contributed by atoms with van der Waals surface area (Å²) in [6.45, 7) is 9.15. The number of methoxy groups -OCH3 is 1. The summed E-state index contributed by atoms with van der Waals surface area (Å²) in [7, 11) is 1.66. The second-order valence-corrected chi connectivity index (χ2v) is 10.9. The number of morpholine rings is 1. The Balaban J connectivity index is 1.53. The van der Waals surface area contributed by atoms with Crippen LogP contribution < -0.4 is 20.9 Å². The third-order valence-corrected chi connectivity index (χ3v) is 7.95. The summed E-state index contributed by atoms with van der Waals surface area (Å²) in [6.07, 6.45) is 1.99. The fourth-order valence-electron chi connectivity index (χ4n) is 3.97. The van der Waals surface area contributed by atoms with Crippen molar-refractivity contribution in [3.8, 4) is 22.1 Å². The first-order valence-corrected chi connectivity index (χ1v) is 13.8. The van der Waals surface area contributed by atoms with Crippen LogP contribution in [0.2, 0.25) is 0 Å². The molecule has 1 aromatic carbocycles. The van der Waals surface area contributed by atoms with E-state index in [4.69, 9.17) is 30.7 Å². The van der Waals surface area contributed by atoms with Crippen molar-refractivity contribution in [2.75, 3.05) is 58.0 Å². The van der Waals surface area contributed by atoms with Crippen LogP contribution in [0.25, 0.3) is 10.6 Å². The summed E-state index contributed by atoms with van der Waals surface area (Å²) in [5.41, 5.74) is 13.8. The van der Waals surface area contributed by atoms with E-state index < -0.39 is 0 Å². The lowest BCUT2D eigenvalue weighted by molar-refractivity contribution is 0.0321. The highest BCUT2D eigenvalue weighted by molar-refractivity contribution is 7.99. The molecule has 1 aliphatic heterocycles. The van der Waals surface area contributed by atoms with Gasteiger partial charge >= 0.3 is 0 Å². The summed E-state index contributed by atoms with van der Waals surface area (Å²) >= 11 is 3.23. The molecule has 0 saturated carbocycles. The predicted octanol–water partition coefficient (Wildman–Crippen LogP) is 4.29. The van der Waals surface area contributed by atoms with E-state index in [2.05, 4.69) is 28.7 Å². The largest absolute Gasteiger partial charge is 0.493 e. The second-order valence-electron chi connectivity index (χ2n) is 8.51. The van der Waals surface area contributed by atoms with E-state index in [-0.39, 0.29) is 5.25 Å². The number of aryl methyl sites for hydroxylation is 1. The topological polar surface area (TPSA) is 122 Å². The van der Waals surface area contributed by atoms with Crippen LogP contribution in [0.4, 0.5) is 11.6 Å². The zero-order valence-corrected chi connectivity index (χ0v) is 22.7. The molecule has 2 aromatic heterocycles. The van der Waals surface area contributed by atoms with Gasteiger partial charge in [-0.25, -0.2) is 15.0 Å². The van der Waals surface area contributed by atoms with Gasteiger partial charge in [-0.05, 0) is 31.5 Å². The van der Waals surface area contributed by atoms with Crippen LogP contribution in [0, 0.1) is 0 Å². The minimum Gasteiger partial charge on any atom is -0.493 e. The van der Waals surface area contributed by atoms with Crippen LogP contribution in [0.3, 0.4) is 0 Å². The minimum atomic E-state index is 0.0419. The smallest absolute Gasteiger partial charge is 0.192 e. The number of nitrogens with zero attached hydrogens (tertiary/aromatic N) is 4. The summed E-state index contributed by atoms with van der Waals surface area (Å²) in [6, 6.07) is 7.56. The third kappa shape index (κ3) is 6.78. The van der Waals surface area contributed by atoms with Crippen LogP contribution >= 0.6 is 23.1 Å². The van der Waals surface area contributed by atoms with Crippen LogP contribution in [0.1, 0.15) is 36.1 Å². The monoisotopic (exact) mass is 530 g/mol. The Hall–Kier alpha value is -2.60. The molecule has 0 spiro atoms. The number of rotatable bonds is 11. The van der Waals surface area contributed by atoms with Gasteiger partial charge in [-0.15, -0.1) is 11.3 Å². The molecule has 0 bridgehead atoms. The number of aromatic nitrogens is 3. The molecule has 11 heteroatoms. The van der Waals surface area contributed by atoms with Crippen LogP contribution in [0.5, 0.6) is 11.5 Å². The Morgan fingerprint density at radius 1 is 1.11 bits per heavy atom. The summed E-state index contributed by atoms with van der Waals surface area (Å²) in [5, 5.41) is 1.55. The first-order chi connectivity index (χ1) is 17.5. The Labute approximate surface area is 220 Å². The molecule has 1 atom stereocenters. The number of hydrogen-bond donors (Lipinski definition) is 2. The molecule has 4 N–H and O–H groups in total. The highest BCUT2D eigenvalue weighted by Crippen LogP contribution is 2.41.